The SMILES string of the molecule is Cc1ccc(S(=O)(=O)N2CCN(CC(=O)NC(C)c3ccccc3Br)CC2)cc1. The number of hydrogen-bond acceptors (Lipinski definition) is 4. The van der Waals surface area contributed by atoms with Crippen LogP contribution < -0.4 is 5.32 Å². The molecule has 0 aromatic heterocycles. The number of hydrogen-bond donors (Lipinski definition) is 1. The number of carbonyl (C=O) groups excluding carboxylic acids is 1. The Hall–Kier alpha value is -1.74. The Morgan fingerprint density at radius 2 is 1.69 bits per heavy atom. The summed E-state index contributed by atoms with van der Waals surface area (Å²) in [5.41, 5.74) is 2.05. The van der Waals surface area contributed by atoms with Crippen LogP contribution in [0.25, 0.3) is 0 Å². The van der Waals surface area contributed by atoms with Crippen molar-refractivity contribution in [2.24, 2.45) is 0 Å². The standard InChI is InChI=1S/C21H26BrN3O3S/c1-16-7-9-18(10-8-16)29(27,28)25-13-11-24(12-14-25)15-21(26)23-17(2)19-5-3-4-6-20(19)22/h3-10,17H,11-15H2,1-2H3,(H,23,26). The molecule has 1 unspecified atom stereocenters. The fraction of sp³-hybridized carbons (Fsp3) is 0.381. The fourth-order valence-corrected chi connectivity index (χ4v) is 5.43. The van der Waals surface area contributed by atoms with E-state index in [0.29, 0.717) is 31.1 Å². The molecule has 1 amide bonds. The Bertz CT molecular complexity index is 955. The minimum atomic E-state index is -3.49. The van der Waals surface area contributed by atoms with Crippen molar-refractivity contribution in [1.29, 1.82) is 0 Å². The van der Waals surface area contributed by atoms with Crippen LogP contribution in [0.4, 0.5) is 0 Å². The number of carbonyl (C=O) groups is 1. The van der Waals surface area contributed by atoms with Gasteiger partial charge in [-0.25, -0.2) is 8.42 Å². The van der Waals surface area contributed by atoms with Gasteiger partial charge in [0.05, 0.1) is 17.5 Å². The Kier molecular flexibility index (Phi) is 7.10. The van der Waals surface area contributed by atoms with Crippen molar-refractivity contribution in [3.8, 4) is 0 Å². The summed E-state index contributed by atoms with van der Waals surface area (Å²) in [6.45, 7) is 5.95. The van der Waals surface area contributed by atoms with E-state index in [1.54, 1.807) is 24.3 Å². The van der Waals surface area contributed by atoms with Crippen molar-refractivity contribution in [2.45, 2.75) is 24.8 Å². The van der Waals surface area contributed by atoms with Crippen molar-refractivity contribution < 1.29 is 13.2 Å². The number of amides is 1. The quantitative estimate of drug-likeness (QED) is 0.691. The van der Waals surface area contributed by atoms with Crippen molar-refractivity contribution in [2.75, 3.05) is 32.7 Å². The summed E-state index contributed by atoms with van der Waals surface area (Å²) in [4.78, 5) is 14.7. The minimum Gasteiger partial charge on any atom is -0.348 e. The van der Waals surface area contributed by atoms with Crippen molar-refractivity contribution in [3.05, 3.63) is 64.1 Å². The molecule has 1 aliphatic heterocycles. The maximum atomic E-state index is 12.8. The zero-order valence-corrected chi connectivity index (χ0v) is 19.0. The maximum Gasteiger partial charge on any atom is 0.243 e. The average molecular weight is 480 g/mol. The van der Waals surface area contributed by atoms with Crippen LogP contribution in [0.15, 0.2) is 57.9 Å². The van der Waals surface area contributed by atoms with Crippen LogP contribution in [0.3, 0.4) is 0 Å². The first-order valence-electron chi connectivity index (χ1n) is 9.60. The Morgan fingerprint density at radius 3 is 2.31 bits per heavy atom. The Balaban J connectivity index is 1.52. The van der Waals surface area contributed by atoms with E-state index in [0.717, 1.165) is 15.6 Å². The number of sulfonamides is 1. The van der Waals surface area contributed by atoms with Gasteiger partial charge in [-0.3, -0.25) is 9.69 Å². The number of piperazine rings is 1. The van der Waals surface area contributed by atoms with E-state index in [4.69, 9.17) is 0 Å². The molecule has 6 nitrogen and oxygen atoms in total. The molecule has 1 N–H and O–H groups in total. The molecule has 0 aliphatic carbocycles. The van der Waals surface area contributed by atoms with Crippen LogP contribution in [0.2, 0.25) is 0 Å². The molecule has 1 heterocycles. The number of aryl methyl sites for hydroxylation is 1. The molecule has 2 aromatic carbocycles. The molecule has 1 aliphatic rings. The van der Waals surface area contributed by atoms with Gasteiger partial charge in [-0.05, 0) is 37.6 Å². The highest BCUT2D eigenvalue weighted by Gasteiger charge is 2.29. The van der Waals surface area contributed by atoms with Gasteiger partial charge in [0.1, 0.15) is 0 Å². The van der Waals surface area contributed by atoms with Gasteiger partial charge in [0.25, 0.3) is 0 Å². The molecule has 0 radical (unpaired) electrons. The first-order chi connectivity index (χ1) is 13.8. The Labute approximate surface area is 181 Å². The summed E-state index contributed by atoms with van der Waals surface area (Å²) in [7, 11) is -3.49. The number of benzene rings is 2. The second-order valence-corrected chi connectivity index (χ2v) is 10.1. The van der Waals surface area contributed by atoms with E-state index >= 15 is 0 Å². The zero-order chi connectivity index (χ0) is 21.0. The van der Waals surface area contributed by atoms with Gasteiger partial charge in [-0.1, -0.05) is 51.8 Å². The predicted octanol–water partition coefficient (Wildman–Crippen LogP) is 2.94. The highest BCUT2D eigenvalue weighted by Crippen LogP contribution is 2.23. The first-order valence-corrected chi connectivity index (χ1v) is 11.8. The molecular weight excluding hydrogens is 454 g/mol. The van der Waals surface area contributed by atoms with E-state index in [9.17, 15) is 13.2 Å². The van der Waals surface area contributed by atoms with Gasteiger partial charge < -0.3 is 5.32 Å². The molecule has 1 saturated heterocycles. The van der Waals surface area contributed by atoms with E-state index in [-0.39, 0.29) is 18.5 Å². The zero-order valence-electron chi connectivity index (χ0n) is 16.6. The third-order valence-electron chi connectivity index (χ3n) is 5.11. The summed E-state index contributed by atoms with van der Waals surface area (Å²) in [6.07, 6.45) is 0. The van der Waals surface area contributed by atoms with Gasteiger partial charge >= 0.3 is 0 Å². The molecule has 0 saturated carbocycles. The lowest BCUT2D eigenvalue weighted by atomic mass is 10.1. The number of halogens is 1. The second-order valence-electron chi connectivity index (χ2n) is 7.30. The van der Waals surface area contributed by atoms with Gasteiger partial charge in [0.2, 0.25) is 15.9 Å². The van der Waals surface area contributed by atoms with Crippen molar-refractivity contribution in [1.82, 2.24) is 14.5 Å². The molecule has 0 bridgehead atoms. The van der Waals surface area contributed by atoms with Crippen LogP contribution in [0.5, 0.6) is 0 Å². The molecule has 156 valence electrons. The fourth-order valence-electron chi connectivity index (χ4n) is 3.38. The summed E-state index contributed by atoms with van der Waals surface area (Å²) < 4.78 is 28.0. The summed E-state index contributed by atoms with van der Waals surface area (Å²) >= 11 is 3.51. The van der Waals surface area contributed by atoms with Crippen LogP contribution in [-0.2, 0) is 14.8 Å². The summed E-state index contributed by atoms with van der Waals surface area (Å²) in [6, 6.07) is 14.6. The number of nitrogens with zero attached hydrogens (tertiary/aromatic N) is 2. The maximum absolute atomic E-state index is 12.8. The minimum absolute atomic E-state index is 0.0666. The van der Waals surface area contributed by atoms with E-state index < -0.39 is 10.0 Å². The van der Waals surface area contributed by atoms with Gasteiger partial charge in [-0.15, -0.1) is 0 Å². The molecule has 1 atom stereocenters. The van der Waals surface area contributed by atoms with Gasteiger partial charge in [-0.2, -0.15) is 4.31 Å². The highest BCUT2D eigenvalue weighted by molar-refractivity contribution is 9.10. The van der Waals surface area contributed by atoms with E-state index in [1.807, 2.05) is 43.0 Å². The third-order valence-corrected chi connectivity index (χ3v) is 7.74. The normalized spacial score (nSPS) is 17.1. The number of rotatable bonds is 6. The first kappa shape index (κ1) is 22.0. The summed E-state index contributed by atoms with van der Waals surface area (Å²) in [5.74, 6) is -0.0666. The third kappa shape index (κ3) is 5.45. The van der Waals surface area contributed by atoms with Gasteiger partial charge in [0.15, 0.2) is 0 Å². The molecule has 29 heavy (non-hydrogen) atoms. The highest BCUT2D eigenvalue weighted by atomic mass is 79.9. The lowest BCUT2D eigenvalue weighted by Crippen LogP contribution is -2.51. The smallest absolute Gasteiger partial charge is 0.243 e. The molecule has 0 spiro atoms. The van der Waals surface area contributed by atoms with Crippen molar-refractivity contribution in [3.63, 3.8) is 0 Å². The molecular formula is C21H26BrN3O3S. The Morgan fingerprint density at radius 1 is 1.07 bits per heavy atom. The largest absolute Gasteiger partial charge is 0.348 e. The van der Waals surface area contributed by atoms with Crippen LogP contribution in [-0.4, -0.2) is 56.3 Å². The lowest BCUT2D eigenvalue weighted by molar-refractivity contribution is -0.123. The van der Waals surface area contributed by atoms with Crippen LogP contribution in [0.1, 0.15) is 24.1 Å². The summed E-state index contributed by atoms with van der Waals surface area (Å²) in [5, 5.41) is 3.01. The molecule has 3 rings (SSSR count). The van der Waals surface area contributed by atoms with E-state index in [1.165, 1.54) is 4.31 Å². The van der Waals surface area contributed by atoms with Gasteiger partial charge in [0, 0.05) is 30.7 Å². The molecule has 8 heteroatoms. The van der Waals surface area contributed by atoms with Crippen LogP contribution >= 0.6 is 15.9 Å². The molecule has 2 aromatic rings. The lowest BCUT2D eigenvalue weighted by Gasteiger charge is -2.33. The number of nitrogens with one attached hydrogen (secondary N) is 1. The average Bonchev–Trinajstić information content (AvgIpc) is 2.69. The topological polar surface area (TPSA) is 69.7 Å². The predicted molar refractivity (Wildman–Crippen MR) is 117 cm³/mol. The van der Waals surface area contributed by atoms with Crippen LogP contribution in [0, 0.1) is 6.92 Å². The molecule has 1 fully saturated rings. The monoisotopic (exact) mass is 479 g/mol. The second kappa shape index (κ2) is 9.38. The van der Waals surface area contributed by atoms with Crippen molar-refractivity contribution >= 4 is 31.9 Å². The van der Waals surface area contributed by atoms with E-state index in [2.05, 4.69) is 21.2 Å².